The van der Waals surface area contributed by atoms with Gasteiger partial charge in [0.15, 0.2) is 5.17 Å². The van der Waals surface area contributed by atoms with Gasteiger partial charge in [0.05, 0.1) is 5.69 Å². The number of carbonyl (C=O) groups excluding carboxylic acids is 2. The maximum absolute atomic E-state index is 12.9. The zero-order valence-corrected chi connectivity index (χ0v) is 18.4. The number of hydrogen-bond acceptors (Lipinski definition) is 5. The van der Waals surface area contributed by atoms with Crippen molar-refractivity contribution in [2.45, 2.75) is 18.1 Å². The smallest absolute Gasteiger partial charge is 0.242 e. The quantitative estimate of drug-likeness (QED) is 0.572. The van der Waals surface area contributed by atoms with E-state index in [9.17, 15) is 9.59 Å². The molecule has 0 bridgehead atoms. The van der Waals surface area contributed by atoms with Crippen LogP contribution in [0, 0.1) is 0 Å². The first-order valence-electron chi connectivity index (χ1n) is 9.23. The Bertz CT molecular complexity index is 874. The molecule has 29 heavy (non-hydrogen) atoms. The lowest BCUT2D eigenvalue weighted by molar-refractivity contribution is -0.128. The van der Waals surface area contributed by atoms with Crippen LogP contribution in [0.15, 0.2) is 64.1 Å². The average Bonchev–Trinajstić information content (AvgIpc) is 2.99. The summed E-state index contributed by atoms with van der Waals surface area (Å²) in [5.74, 6) is -0.289. The molecule has 0 radical (unpaired) electrons. The molecule has 1 aliphatic heterocycles. The summed E-state index contributed by atoms with van der Waals surface area (Å²) < 4.78 is 6.04. The van der Waals surface area contributed by atoms with Gasteiger partial charge in [0.25, 0.3) is 0 Å². The Labute approximate surface area is 182 Å². The maximum Gasteiger partial charge on any atom is 0.242 e. The second-order valence-electron chi connectivity index (χ2n) is 6.43. The number of anilines is 1. The number of nitrogens with zero attached hydrogens (tertiary/aromatic N) is 2. The van der Waals surface area contributed by atoms with Crippen LogP contribution < -0.4 is 5.32 Å². The highest BCUT2D eigenvalue weighted by molar-refractivity contribution is 9.10. The van der Waals surface area contributed by atoms with E-state index in [0.29, 0.717) is 30.4 Å². The van der Waals surface area contributed by atoms with Gasteiger partial charge < -0.3 is 10.1 Å². The molecule has 8 heteroatoms. The van der Waals surface area contributed by atoms with Crippen molar-refractivity contribution in [1.82, 2.24) is 4.90 Å². The number of halogens is 1. The molecule has 1 saturated heterocycles. The van der Waals surface area contributed by atoms with E-state index in [0.717, 1.165) is 10.2 Å². The minimum Gasteiger partial charge on any atom is -0.385 e. The summed E-state index contributed by atoms with van der Waals surface area (Å²) in [6.07, 6.45) is 0.794. The Balaban J connectivity index is 1.70. The monoisotopic (exact) mass is 475 g/mol. The summed E-state index contributed by atoms with van der Waals surface area (Å²) in [7, 11) is 1.63. The van der Waals surface area contributed by atoms with E-state index in [2.05, 4.69) is 26.2 Å². The third-order valence-corrected chi connectivity index (χ3v) is 5.93. The Morgan fingerprint density at radius 2 is 1.93 bits per heavy atom. The van der Waals surface area contributed by atoms with Gasteiger partial charge in [0, 0.05) is 36.8 Å². The number of benzene rings is 2. The molecule has 0 aromatic heterocycles. The van der Waals surface area contributed by atoms with Crippen LogP contribution in [-0.2, 0) is 14.3 Å². The molecule has 1 aliphatic rings. The van der Waals surface area contributed by atoms with Crippen molar-refractivity contribution in [2.24, 2.45) is 4.99 Å². The summed E-state index contributed by atoms with van der Waals surface area (Å²) in [4.78, 5) is 31.7. The molecule has 0 unspecified atom stereocenters. The summed E-state index contributed by atoms with van der Waals surface area (Å²) in [6.45, 7) is 1.07. The van der Waals surface area contributed by atoms with Crippen molar-refractivity contribution in [3.63, 3.8) is 0 Å². The van der Waals surface area contributed by atoms with Gasteiger partial charge in [-0.1, -0.05) is 45.9 Å². The molecular formula is C21H22BrN3O3S. The van der Waals surface area contributed by atoms with Gasteiger partial charge in [0.2, 0.25) is 11.8 Å². The molecule has 1 fully saturated rings. The lowest BCUT2D eigenvalue weighted by Gasteiger charge is -2.16. The number of carbonyl (C=O) groups is 2. The predicted octanol–water partition coefficient (Wildman–Crippen LogP) is 4.45. The highest BCUT2D eigenvalue weighted by Gasteiger charge is 2.38. The molecule has 3 rings (SSSR count). The zero-order valence-electron chi connectivity index (χ0n) is 16.0. The van der Waals surface area contributed by atoms with E-state index in [1.54, 1.807) is 12.0 Å². The number of hydrogen-bond donors (Lipinski definition) is 1. The van der Waals surface area contributed by atoms with E-state index in [1.807, 2.05) is 54.6 Å². The Morgan fingerprint density at radius 1 is 1.21 bits per heavy atom. The zero-order chi connectivity index (χ0) is 20.6. The standard InChI is InChI=1S/C21H22BrN3O3S/c1-28-13-5-12-25-20(27)18(29-21(25)24-16-6-3-2-4-7-16)14-19(26)23-17-10-8-15(22)9-11-17/h2-4,6-11,18H,5,12-14H2,1H3,(H,23,26)/t18-/m0/s1. The Hall–Kier alpha value is -2.16. The van der Waals surface area contributed by atoms with E-state index < -0.39 is 5.25 Å². The second-order valence-corrected chi connectivity index (χ2v) is 8.52. The van der Waals surface area contributed by atoms with Gasteiger partial charge in [0.1, 0.15) is 5.25 Å². The van der Waals surface area contributed by atoms with Crippen LogP contribution in [0.5, 0.6) is 0 Å². The molecular weight excluding hydrogens is 454 g/mol. The highest BCUT2D eigenvalue weighted by atomic mass is 79.9. The van der Waals surface area contributed by atoms with Gasteiger partial charge in [-0.25, -0.2) is 4.99 Å². The molecule has 152 valence electrons. The van der Waals surface area contributed by atoms with Crippen molar-refractivity contribution < 1.29 is 14.3 Å². The van der Waals surface area contributed by atoms with Crippen molar-refractivity contribution in [1.29, 1.82) is 0 Å². The molecule has 1 atom stereocenters. The number of nitrogens with one attached hydrogen (secondary N) is 1. The van der Waals surface area contributed by atoms with Crippen molar-refractivity contribution in [3.05, 3.63) is 59.1 Å². The normalized spacial score (nSPS) is 17.7. The SMILES string of the molecule is COCCCN1C(=O)[C@H](CC(=O)Nc2ccc(Br)cc2)SC1=Nc1ccccc1. The summed E-state index contributed by atoms with van der Waals surface area (Å²) >= 11 is 4.71. The average molecular weight is 476 g/mol. The first-order valence-corrected chi connectivity index (χ1v) is 10.9. The molecule has 0 spiro atoms. The van der Waals surface area contributed by atoms with E-state index >= 15 is 0 Å². The van der Waals surface area contributed by atoms with Crippen LogP contribution in [0.4, 0.5) is 11.4 Å². The predicted molar refractivity (Wildman–Crippen MR) is 121 cm³/mol. The first-order chi connectivity index (χ1) is 14.1. The fourth-order valence-electron chi connectivity index (χ4n) is 2.82. The van der Waals surface area contributed by atoms with Gasteiger partial charge in [-0.3, -0.25) is 14.5 Å². The molecule has 2 amide bonds. The van der Waals surface area contributed by atoms with Crippen molar-refractivity contribution in [2.75, 3.05) is 25.6 Å². The van der Waals surface area contributed by atoms with Crippen LogP contribution in [0.1, 0.15) is 12.8 Å². The number of para-hydroxylation sites is 1. The lowest BCUT2D eigenvalue weighted by atomic mass is 10.2. The molecule has 1 heterocycles. The molecule has 2 aromatic rings. The van der Waals surface area contributed by atoms with Gasteiger partial charge in [-0.05, 0) is 42.8 Å². The van der Waals surface area contributed by atoms with Crippen LogP contribution in [0.3, 0.4) is 0 Å². The van der Waals surface area contributed by atoms with Crippen LogP contribution >= 0.6 is 27.7 Å². The topological polar surface area (TPSA) is 71.0 Å². The highest BCUT2D eigenvalue weighted by Crippen LogP contribution is 2.32. The fourth-order valence-corrected chi connectivity index (χ4v) is 4.27. The van der Waals surface area contributed by atoms with Gasteiger partial charge >= 0.3 is 0 Å². The van der Waals surface area contributed by atoms with E-state index in [4.69, 9.17) is 4.74 Å². The Morgan fingerprint density at radius 3 is 2.62 bits per heavy atom. The lowest BCUT2D eigenvalue weighted by Crippen LogP contribution is -2.34. The molecule has 0 aliphatic carbocycles. The Kier molecular flexibility index (Phi) is 7.85. The number of aliphatic imine (C=N–C) groups is 1. The van der Waals surface area contributed by atoms with E-state index in [-0.39, 0.29) is 18.2 Å². The minimum absolute atomic E-state index is 0.0910. The van der Waals surface area contributed by atoms with E-state index in [1.165, 1.54) is 11.8 Å². The summed E-state index contributed by atoms with van der Waals surface area (Å²) in [5.41, 5.74) is 1.48. The third-order valence-electron chi connectivity index (χ3n) is 4.23. The maximum atomic E-state index is 12.9. The number of amidine groups is 1. The largest absolute Gasteiger partial charge is 0.385 e. The number of methoxy groups -OCH3 is 1. The summed E-state index contributed by atoms with van der Waals surface area (Å²) in [6, 6.07) is 16.8. The third kappa shape index (κ3) is 6.16. The molecule has 6 nitrogen and oxygen atoms in total. The van der Waals surface area contributed by atoms with Gasteiger partial charge in [-0.2, -0.15) is 0 Å². The first kappa shape index (κ1) is 21.5. The van der Waals surface area contributed by atoms with Gasteiger partial charge in [-0.15, -0.1) is 0 Å². The minimum atomic E-state index is -0.490. The number of amides is 2. The number of thioether (sulfide) groups is 1. The van der Waals surface area contributed by atoms with Crippen LogP contribution in [0.2, 0.25) is 0 Å². The summed E-state index contributed by atoms with van der Waals surface area (Å²) in [5, 5.41) is 2.98. The molecule has 1 N–H and O–H groups in total. The molecule has 2 aromatic carbocycles. The number of rotatable bonds is 8. The number of ether oxygens (including phenoxy) is 1. The van der Waals surface area contributed by atoms with Crippen molar-refractivity contribution >= 4 is 56.0 Å². The van der Waals surface area contributed by atoms with Crippen LogP contribution in [0.25, 0.3) is 0 Å². The second kappa shape index (κ2) is 10.6. The fraction of sp³-hybridized carbons (Fsp3) is 0.286. The van der Waals surface area contributed by atoms with Crippen molar-refractivity contribution in [3.8, 4) is 0 Å². The van der Waals surface area contributed by atoms with Crippen LogP contribution in [-0.4, -0.2) is 47.4 Å². The molecule has 0 saturated carbocycles.